The zero-order chi connectivity index (χ0) is 17.9. The van der Waals surface area contributed by atoms with Gasteiger partial charge in [-0.15, -0.1) is 10.1 Å². The molecule has 1 unspecified atom stereocenters. The summed E-state index contributed by atoms with van der Waals surface area (Å²) in [4.78, 5) is 22.2. The van der Waals surface area contributed by atoms with Crippen molar-refractivity contribution < 1.29 is 19.8 Å². The highest BCUT2D eigenvalue weighted by Gasteiger charge is 2.11. The summed E-state index contributed by atoms with van der Waals surface area (Å²) < 4.78 is 5.11. The van der Waals surface area contributed by atoms with Gasteiger partial charge >= 0.3 is 0 Å². The number of ether oxygens (including phenoxy) is 1. The first kappa shape index (κ1) is 19.0. The van der Waals surface area contributed by atoms with E-state index in [0.29, 0.717) is 18.7 Å². The lowest BCUT2D eigenvalue weighted by atomic mass is 10.2. The topological polar surface area (TPSA) is 131 Å². The third-order valence-electron chi connectivity index (χ3n) is 3.03. The van der Waals surface area contributed by atoms with Gasteiger partial charge in [0, 0.05) is 30.9 Å². The van der Waals surface area contributed by atoms with Crippen LogP contribution in [0.5, 0.6) is 5.75 Å². The number of nitrogens with zero attached hydrogens (tertiary/aromatic N) is 2. The number of carbonyl (C=O) groups is 1. The van der Waals surface area contributed by atoms with Crippen LogP contribution in [0.2, 0.25) is 0 Å². The molecular formula is C15H20N4O5. The van der Waals surface area contributed by atoms with E-state index < -0.39 is 5.09 Å². The number of hydrogen-bond acceptors (Lipinski definition) is 6. The van der Waals surface area contributed by atoms with E-state index in [4.69, 9.17) is 25.8 Å². The molecule has 0 radical (unpaired) electrons. The van der Waals surface area contributed by atoms with Gasteiger partial charge in [0.1, 0.15) is 5.75 Å². The van der Waals surface area contributed by atoms with E-state index in [2.05, 4.69) is 5.32 Å². The van der Waals surface area contributed by atoms with Crippen molar-refractivity contribution >= 4 is 11.6 Å². The van der Waals surface area contributed by atoms with Crippen molar-refractivity contribution in [3.8, 4) is 5.75 Å². The predicted octanol–water partition coefficient (Wildman–Crippen LogP) is 1.35. The molecule has 0 spiro atoms. The lowest BCUT2D eigenvalue weighted by Crippen LogP contribution is -2.39. The van der Waals surface area contributed by atoms with E-state index in [1.54, 1.807) is 13.2 Å². The zero-order valence-corrected chi connectivity index (χ0v) is 13.2. The van der Waals surface area contributed by atoms with Crippen LogP contribution in [-0.2, 0) is 4.79 Å². The van der Waals surface area contributed by atoms with Gasteiger partial charge < -0.3 is 25.9 Å². The number of rotatable bonds is 5. The van der Waals surface area contributed by atoms with Gasteiger partial charge in [0.25, 0.3) is 5.09 Å². The largest absolute Gasteiger partial charge is 0.497 e. The monoisotopic (exact) mass is 336 g/mol. The van der Waals surface area contributed by atoms with Gasteiger partial charge in [-0.3, -0.25) is 4.79 Å². The summed E-state index contributed by atoms with van der Waals surface area (Å²) in [5.74, 6) is 0.669. The maximum Gasteiger partial charge on any atom is 0.291 e. The van der Waals surface area contributed by atoms with E-state index >= 15 is 0 Å². The van der Waals surface area contributed by atoms with Crippen molar-refractivity contribution in [2.24, 2.45) is 5.73 Å². The number of allylic oxidation sites excluding steroid dienone is 2. The Kier molecular flexibility index (Phi) is 7.79. The van der Waals surface area contributed by atoms with Gasteiger partial charge in [0.2, 0.25) is 5.91 Å². The van der Waals surface area contributed by atoms with Crippen LogP contribution < -0.4 is 15.8 Å². The van der Waals surface area contributed by atoms with E-state index in [1.807, 2.05) is 47.5 Å². The number of methoxy groups -OCH3 is 1. The van der Waals surface area contributed by atoms with Crippen LogP contribution in [0, 0.1) is 10.1 Å². The fourth-order valence-electron chi connectivity index (χ4n) is 1.93. The average molecular weight is 336 g/mol. The van der Waals surface area contributed by atoms with E-state index in [9.17, 15) is 4.79 Å². The number of benzene rings is 1. The molecule has 0 aromatic heterocycles. The number of nitrogens with two attached hydrogens (primary N) is 1. The Morgan fingerprint density at radius 2 is 2.21 bits per heavy atom. The molecule has 2 rings (SSSR count). The molecule has 1 aromatic rings. The third-order valence-corrected chi connectivity index (χ3v) is 3.03. The minimum Gasteiger partial charge on any atom is -0.497 e. The summed E-state index contributed by atoms with van der Waals surface area (Å²) in [6.07, 6.45) is 7.80. The Bertz CT molecular complexity index is 614. The third kappa shape index (κ3) is 7.27. The fraction of sp³-hybridized carbons (Fsp3) is 0.267. The molecule has 1 aliphatic heterocycles. The van der Waals surface area contributed by atoms with E-state index in [-0.39, 0.29) is 12.1 Å². The van der Waals surface area contributed by atoms with Crippen LogP contribution >= 0.6 is 0 Å². The van der Waals surface area contributed by atoms with Crippen molar-refractivity contribution in [3.05, 3.63) is 58.8 Å². The molecule has 9 heteroatoms. The predicted molar refractivity (Wildman–Crippen MR) is 88.0 cm³/mol. The summed E-state index contributed by atoms with van der Waals surface area (Å²) >= 11 is 0. The molecule has 1 heterocycles. The molecular weight excluding hydrogens is 316 g/mol. The van der Waals surface area contributed by atoms with Crippen molar-refractivity contribution in [3.63, 3.8) is 0 Å². The first-order valence-corrected chi connectivity index (χ1v) is 7.06. The number of anilines is 1. The van der Waals surface area contributed by atoms with E-state index in [1.165, 1.54) is 0 Å². The smallest absolute Gasteiger partial charge is 0.291 e. The van der Waals surface area contributed by atoms with E-state index in [0.717, 1.165) is 5.69 Å². The molecule has 1 aliphatic rings. The first-order chi connectivity index (χ1) is 11.4. The number of amides is 1. The van der Waals surface area contributed by atoms with Gasteiger partial charge in [0.05, 0.1) is 13.3 Å². The standard InChI is InChI=1S/C15H19N3O2.HNO3/c1-20-13-6-4-5-12(11-13)17-15(19)8-10-18-9-3-2-7-14(18)16;2-1(3)4/h2-7,9,11,14H,8,10,16H2,1H3,(H,17,19);(H,2,3,4). The van der Waals surface area contributed by atoms with Crippen molar-refractivity contribution in [1.29, 1.82) is 0 Å². The summed E-state index contributed by atoms with van der Waals surface area (Å²) in [6.45, 7) is 0.581. The van der Waals surface area contributed by atoms with Crippen LogP contribution in [0.15, 0.2) is 48.7 Å². The van der Waals surface area contributed by atoms with Gasteiger partial charge in [-0.25, -0.2) is 0 Å². The molecule has 24 heavy (non-hydrogen) atoms. The minimum atomic E-state index is -1.50. The normalized spacial score (nSPS) is 15.2. The van der Waals surface area contributed by atoms with Crippen LogP contribution in [0.4, 0.5) is 5.69 Å². The molecule has 0 saturated carbocycles. The second kappa shape index (κ2) is 9.85. The average Bonchev–Trinajstić information content (AvgIpc) is 2.54. The number of carbonyl (C=O) groups excluding carboxylic acids is 1. The second-order valence-electron chi connectivity index (χ2n) is 4.72. The Morgan fingerprint density at radius 1 is 1.50 bits per heavy atom. The van der Waals surface area contributed by atoms with Crippen LogP contribution in [-0.4, -0.2) is 40.9 Å². The minimum absolute atomic E-state index is 0.0478. The molecule has 0 bridgehead atoms. The van der Waals surface area contributed by atoms with Crippen molar-refractivity contribution in [2.75, 3.05) is 19.0 Å². The Labute approximate surface area is 139 Å². The maximum absolute atomic E-state index is 11.9. The highest BCUT2D eigenvalue weighted by molar-refractivity contribution is 5.91. The first-order valence-electron chi connectivity index (χ1n) is 7.06. The molecule has 1 amide bonds. The van der Waals surface area contributed by atoms with Crippen LogP contribution in [0.1, 0.15) is 6.42 Å². The molecule has 0 fully saturated rings. The highest BCUT2D eigenvalue weighted by Crippen LogP contribution is 2.16. The van der Waals surface area contributed by atoms with Gasteiger partial charge in [-0.05, 0) is 24.3 Å². The summed E-state index contributed by atoms with van der Waals surface area (Å²) in [7, 11) is 1.60. The molecule has 1 aromatic carbocycles. The summed E-state index contributed by atoms with van der Waals surface area (Å²) in [6, 6.07) is 7.28. The van der Waals surface area contributed by atoms with Gasteiger partial charge in [-0.2, -0.15) is 0 Å². The fourth-order valence-corrected chi connectivity index (χ4v) is 1.93. The number of nitrogens with one attached hydrogen (secondary N) is 1. The van der Waals surface area contributed by atoms with Crippen molar-refractivity contribution in [2.45, 2.75) is 12.6 Å². The Hall–Kier alpha value is -3.07. The summed E-state index contributed by atoms with van der Waals surface area (Å²) in [5, 5.41) is 16.5. The Balaban J connectivity index is 0.000000648. The van der Waals surface area contributed by atoms with Crippen LogP contribution in [0.3, 0.4) is 0 Å². The second-order valence-corrected chi connectivity index (χ2v) is 4.72. The quantitative estimate of drug-likeness (QED) is 0.546. The molecule has 0 saturated heterocycles. The van der Waals surface area contributed by atoms with Gasteiger partial charge in [0.15, 0.2) is 0 Å². The SMILES string of the molecule is COc1cccc(NC(=O)CCN2C=CC=CC2N)c1.O=[N+]([O-])O. The molecule has 4 N–H and O–H groups in total. The van der Waals surface area contributed by atoms with Gasteiger partial charge in [-0.1, -0.05) is 12.1 Å². The molecule has 9 nitrogen and oxygen atoms in total. The highest BCUT2D eigenvalue weighted by atomic mass is 16.9. The molecule has 1 atom stereocenters. The maximum atomic E-state index is 11.9. The Morgan fingerprint density at radius 3 is 2.83 bits per heavy atom. The van der Waals surface area contributed by atoms with Crippen LogP contribution in [0.25, 0.3) is 0 Å². The number of hydrogen-bond donors (Lipinski definition) is 3. The molecule has 0 aliphatic carbocycles. The molecule has 130 valence electrons. The lowest BCUT2D eigenvalue weighted by molar-refractivity contribution is -0.742. The summed E-state index contributed by atoms with van der Waals surface area (Å²) in [5.41, 5.74) is 6.62. The van der Waals surface area contributed by atoms with Crippen molar-refractivity contribution in [1.82, 2.24) is 4.90 Å². The zero-order valence-electron chi connectivity index (χ0n) is 13.2. The lowest BCUT2D eigenvalue weighted by Gasteiger charge is -2.26.